The van der Waals surface area contributed by atoms with Crippen LogP contribution < -0.4 is 0 Å². The Labute approximate surface area is 299 Å². The second kappa shape index (κ2) is 11.7. The summed E-state index contributed by atoms with van der Waals surface area (Å²) in [6, 6.07) is 53.2. The highest BCUT2D eigenvalue weighted by atomic mass is 32.2. The van der Waals surface area contributed by atoms with Gasteiger partial charge in [0, 0.05) is 38.6 Å². The third-order valence-electron chi connectivity index (χ3n) is 9.67. The van der Waals surface area contributed by atoms with Crippen molar-refractivity contribution in [1.29, 1.82) is 0 Å². The van der Waals surface area contributed by atoms with Crippen molar-refractivity contribution < 1.29 is 12.8 Å². The van der Waals surface area contributed by atoms with E-state index in [0.29, 0.717) is 39.1 Å². The molecular weight excluding hydrogens is 663 g/mol. The normalized spacial score (nSPS) is 12.9. The van der Waals surface area contributed by atoms with Crippen LogP contribution in [0.5, 0.6) is 0 Å². The second-order valence-electron chi connectivity index (χ2n) is 12.9. The first-order chi connectivity index (χ1) is 25.5. The van der Waals surface area contributed by atoms with Crippen molar-refractivity contribution in [2.24, 2.45) is 0 Å². The average Bonchev–Trinajstić information content (AvgIpc) is 3.69. The van der Waals surface area contributed by atoms with E-state index in [1.165, 1.54) is 0 Å². The lowest BCUT2D eigenvalue weighted by molar-refractivity contribution is 0.598. The first-order valence-electron chi connectivity index (χ1n) is 16.9. The number of furan rings is 1. The summed E-state index contributed by atoms with van der Waals surface area (Å²) in [7, 11) is -3.70. The van der Waals surface area contributed by atoms with Gasteiger partial charge in [0.15, 0.2) is 17.5 Å². The SMILES string of the molecule is O=S1(=O)c2ccccc2-c2ccc(-c3nc(-c4ccccc4)nc(-c4cc(-c5ccccc5)cc(-c5ccc6c(c5)oc5ccccc56)c4)n3)cc21. The smallest absolute Gasteiger partial charge is 0.207 e. The summed E-state index contributed by atoms with van der Waals surface area (Å²) in [6.07, 6.45) is 0. The maximum absolute atomic E-state index is 13.7. The van der Waals surface area contributed by atoms with Gasteiger partial charge in [-0.3, -0.25) is 0 Å². The second-order valence-corrected chi connectivity index (χ2v) is 14.7. The number of benzene rings is 7. The Bertz CT molecular complexity index is 2970. The molecule has 0 bridgehead atoms. The number of aromatic nitrogens is 3. The predicted molar refractivity (Wildman–Crippen MR) is 205 cm³/mol. The van der Waals surface area contributed by atoms with E-state index >= 15 is 0 Å². The quantitative estimate of drug-likeness (QED) is 0.179. The Balaban J connectivity index is 1.17. The van der Waals surface area contributed by atoms with Gasteiger partial charge in [-0.05, 0) is 70.8 Å². The van der Waals surface area contributed by atoms with Crippen molar-refractivity contribution in [3.63, 3.8) is 0 Å². The van der Waals surface area contributed by atoms with Crippen LogP contribution in [0.4, 0.5) is 0 Å². The Kier molecular flexibility index (Phi) is 6.78. The molecule has 10 rings (SSSR count). The zero-order valence-corrected chi connectivity index (χ0v) is 28.4. The zero-order chi connectivity index (χ0) is 34.8. The molecule has 3 heterocycles. The lowest BCUT2D eigenvalue weighted by atomic mass is 9.95. The van der Waals surface area contributed by atoms with Gasteiger partial charge in [-0.2, -0.15) is 0 Å². The first kappa shape index (κ1) is 30.2. The van der Waals surface area contributed by atoms with Gasteiger partial charge in [0.25, 0.3) is 0 Å². The van der Waals surface area contributed by atoms with E-state index in [1.54, 1.807) is 18.2 Å². The van der Waals surface area contributed by atoms with Crippen molar-refractivity contribution >= 4 is 31.8 Å². The fraction of sp³-hybridized carbons (Fsp3) is 0. The van der Waals surface area contributed by atoms with Gasteiger partial charge in [0.1, 0.15) is 11.2 Å². The molecule has 0 amide bonds. The topological polar surface area (TPSA) is 86.0 Å². The molecule has 0 spiro atoms. The number of hydrogen-bond donors (Lipinski definition) is 0. The molecule has 0 saturated heterocycles. The molecule has 6 nitrogen and oxygen atoms in total. The molecule has 7 heteroatoms. The zero-order valence-electron chi connectivity index (χ0n) is 27.6. The van der Waals surface area contributed by atoms with Crippen LogP contribution in [-0.4, -0.2) is 23.4 Å². The fourth-order valence-corrected chi connectivity index (χ4v) is 8.84. The van der Waals surface area contributed by atoms with Gasteiger partial charge < -0.3 is 4.42 Å². The molecule has 1 aliphatic rings. The van der Waals surface area contributed by atoms with Crippen LogP contribution in [0, 0.1) is 0 Å². The molecule has 7 aromatic carbocycles. The summed E-state index contributed by atoms with van der Waals surface area (Å²) in [6.45, 7) is 0. The maximum Gasteiger partial charge on any atom is 0.207 e. The summed E-state index contributed by atoms with van der Waals surface area (Å²) in [4.78, 5) is 15.5. The number of fused-ring (bicyclic) bond motifs is 6. The summed E-state index contributed by atoms with van der Waals surface area (Å²) in [5.74, 6) is 1.34. The Morgan fingerprint density at radius 2 is 0.923 bits per heavy atom. The highest BCUT2D eigenvalue weighted by molar-refractivity contribution is 7.92. The number of para-hydroxylation sites is 1. The molecule has 0 saturated carbocycles. The van der Waals surface area contributed by atoms with E-state index in [0.717, 1.165) is 55.3 Å². The molecule has 9 aromatic rings. The monoisotopic (exact) mass is 689 g/mol. The molecule has 0 aliphatic carbocycles. The number of rotatable bonds is 5. The van der Waals surface area contributed by atoms with Gasteiger partial charge in [0.05, 0.1) is 9.79 Å². The highest BCUT2D eigenvalue weighted by Crippen LogP contribution is 2.44. The molecule has 246 valence electrons. The minimum Gasteiger partial charge on any atom is -0.456 e. The molecule has 0 N–H and O–H groups in total. The van der Waals surface area contributed by atoms with E-state index in [9.17, 15) is 8.42 Å². The molecular formula is C45H27N3O3S. The first-order valence-corrected chi connectivity index (χ1v) is 18.4. The minimum absolute atomic E-state index is 0.253. The molecule has 2 aromatic heterocycles. The van der Waals surface area contributed by atoms with Crippen LogP contribution in [0.3, 0.4) is 0 Å². The Morgan fingerprint density at radius 3 is 1.71 bits per heavy atom. The van der Waals surface area contributed by atoms with E-state index in [2.05, 4.69) is 54.6 Å². The minimum atomic E-state index is -3.70. The van der Waals surface area contributed by atoms with Crippen molar-refractivity contribution in [3.8, 4) is 67.5 Å². The van der Waals surface area contributed by atoms with Crippen LogP contribution >= 0.6 is 0 Å². The molecule has 0 fully saturated rings. The van der Waals surface area contributed by atoms with E-state index in [1.807, 2.05) is 91.0 Å². The summed E-state index contributed by atoms with van der Waals surface area (Å²) >= 11 is 0. The van der Waals surface area contributed by atoms with E-state index in [4.69, 9.17) is 19.4 Å². The van der Waals surface area contributed by atoms with Gasteiger partial charge in [-0.1, -0.05) is 115 Å². The number of hydrogen-bond acceptors (Lipinski definition) is 6. The lowest BCUT2D eigenvalue weighted by Gasteiger charge is -2.13. The third-order valence-corrected chi connectivity index (χ3v) is 11.5. The third kappa shape index (κ3) is 4.93. The van der Waals surface area contributed by atoms with Crippen LogP contribution in [0.25, 0.3) is 89.5 Å². The molecule has 52 heavy (non-hydrogen) atoms. The van der Waals surface area contributed by atoms with Crippen LogP contribution in [0.2, 0.25) is 0 Å². The lowest BCUT2D eigenvalue weighted by Crippen LogP contribution is -2.02. The number of sulfone groups is 1. The molecule has 0 radical (unpaired) electrons. The molecule has 1 aliphatic heterocycles. The predicted octanol–water partition coefficient (Wildman–Crippen LogP) is 10.9. The van der Waals surface area contributed by atoms with E-state index < -0.39 is 9.84 Å². The largest absolute Gasteiger partial charge is 0.456 e. The van der Waals surface area contributed by atoms with Crippen molar-refractivity contribution in [3.05, 3.63) is 164 Å². The molecule has 0 unspecified atom stereocenters. The number of nitrogens with zero attached hydrogens (tertiary/aromatic N) is 3. The maximum atomic E-state index is 13.7. The molecule has 0 atom stereocenters. The highest BCUT2D eigenvalue weighted by Gasteiger charge is 2.33. The van der Waals surface area contributed by atoms with Crippen molar-refractivity contribution in [1.82, 2.24) is 15.0 Å². The summed E-state index contributed by atoms with van der Waals surface area (Å²) in [5.41, 5.74) is 9.27. The van der Waals surface area contributed by atoms with Gasteiger partial charge in [-0.15, -0.1) is 0 Å². The van der Waals surface area contributed by atoms with Crippen molar-refractivity contribution in [2.75, 3.05) is 0 Å². The van der Waals surface area contributed by atoms with Gasteiger partial charge in [0.2, 0.25) is 9.84 Å². The fourth-order valence-electron chi connectivity index (χ4n) is 7.12. The van der Waals surface area contributed by atoms with Crippen LogP contribution in [0.15, 0.2) is 178 Å². The summed E-state index contributed by atoms with van der Waals surface area (Å²) < 4.78 is 33.6. The van der Waals surface area contributed by atoms with Crippen LogP contribution in [0.1, 0.15) is 0 Å². The Morgan fingerprint density at radius 1 is 0.365 bits per heavy atom. The van der Waals surface area contributed by atoms with Gasteiger partial charge in [-0.25, -0.2) is 23.4 Å². The standard InChI is InChI=1S/C45H27N3O3S/c49-52(50)41-18-10-8-16-37(41)38-22-20-31(27-42(38)52)44-46-43(29-13-5-2-6-14-29)47-45(48-44)34-24-32(28-11-3-1-4-12-28)23-33(25-34)30-19-21-36-35-15-7-9-17-39(35)51-40(36)26-30/h1-27H. The van der Waals surface area contributed by atoms with Gasteiger partial charge >= 0.3 is 0 Å². The van der Waals surface area contributed by atoms with Crippen molar-refractivity contribution in [2.45, 2.75) is 9.79 Å². The Hall–Kier alpha value is -6.70. The average molecular weight is 690 g/mol. The van der Waals surface area contributed by atoms with E-state index in [-0.39, 0.29) is 4.90 Å². The summed E-state index contributed by atoms with van der Waals surface area (Å²) in [5, 5.41) is 2.14. The van der Waals surface area contributed by atoms with Crippen LogP contribution in [-0.2, 0) is 9.84 Å².